The van der Waals surface area contributed by atoms with E-state index in [9.17, 15) is 28.2 Å². The monoisotopic (exact) mass is 435 g/mol. The quantitative estimate of drug-likeness (QED) is 0.754. The molecule has 1 fully saturated rings. The molecular formula is C21H20F3N3O4. The minimum Gasteiger partial charge on any atom is -0.494 e. The Morgan fingerprint density at radius 3 is 2.42 bits per heavy atom. The molecule has 164 valence electrons. The molecule has 1 aromatic heterocycles. The molecule has 7 nitrogen and oxygen atoms in total. The molecule has 3 heterocycles. The Labute approximate surface area is 175 Å². The number of ether oxygens (including phenoxy) is 1. The lowest BCUT2D eigenvalue weighted by Crippen LogP contribution is -2.40. The van der Waals surface area contributed by atoms with Gasteiger partial charge in [0.15, 0.2) is 0 Å². The van der Waals surface area contributed by atoms with Gasteiger partial charge in [-0.1, -0.05) is 0 Å². The number of hydrogen-bond acceptors (Lipinski definition) is 5. The number of rotatable bonds is 2. The van der Waals surface area contributed by atoms with Crippen molar-refractivity contribution in [2.24, 2.45) is 5.92 Å². The van der Waals surface area contributed by atoms with E-state index in [-0.39, 0.29) is 29.1 Å². The number of alkyl halides is 3. The van der Waals surface area contributed by atoms with E-state index in [1.807, 2.05) is 0 Å². The summed E-state index contributed by atoms with van der Waals surface area (Å²) in [7, 11) is 3.19. The summed E-state index contributed by atoms with van der Waals surface area (Å²) in [5.41, 5.74) is -3.88. The molecule has 2 aliphatic heterocycles. The SMILES string of the molecule is CN(C)C(=O)[C@@H]1CC2(C)OC1(C)c1c2c(O)n(-c2ccc(C#N)c(C(F)(F)F)c2)c1O. The Morgan fingerprint density at radius 2 is 1.87 bits per heavy atom. The van der Waals surface area contributed by atoms with Crippen LogP contribution in [0.5, 0.6) is 11.8 Å². The Morgan fingerprint density at radius 1 is 1.26 bits per heavy atom. The molecule has 1 amide bonds. The average molecular weight is 435 g/mol. The highest BCUT2D eigenvalue weighted by Gasteiger charge is 2.66. The topological polar surface area (TPSA) is 98.7 Å². The molecule has 3 atom stereocenters. The van der Waals surface area contributed by atoms with Crippen molar-refractivity contribution in [1.29, 1.82) is 5.26 Å². The predicted octanol–water partition coefficient (Wildman–Crippen LogP) is 3.35. The lowest BCUT2D eigenvalue weighted by atomic mass is 9.72. The summed E-state index contributed by atoms with van der Waals surface area (Å²) in [6, 6.07) is 4.38. The van der Waals surface area contributed by atoms with Gasteiger partial charge >= 0.3 is 6.18 Å². The zero-order valence-electron chi connectivity index (χ0n) is 17.2. The van der Waals surface area contributed by atoms with E-state index in [0.29, 0.717) is 6.07 Å². The van der Waals surface area contributed by atoms with Gasteiger partial charge in [0.25, 0.3) is 0 Å². The van der Waals surface area contributed by atoms with Gasteiger partial charge in [-0.05, 0) is 38.5 Å². The summed E-state index contributed by atoms with van der Waals surface area (Å²) in [6.07, 6.45) is -4.56. The summed E-state index contributed by atoms with van der Waals surface area (Å²) in [4.78, 5) is 14.1. The molecule has 2 aromatic rings. The molecule has 4 rings (SSSR count). The number of aromatic hydroxyl groups is 2. The number of fused-ring (bicyclic) bond motifs is 5. The maximum absolute atomic E-state index is 13.4. The van der Waals surface area contributed by atoms with Gasteiger partial charge in [-0.15, -0.1) is 0 Å². The van der Waals surface area contributed by atoms with Crippen LogP contribution >= 0.6 is 0 Å². The molecule has 31 heavy (non-hydrogen) atoms. The number of carbonyl (C=O) groups is 1. The maximum atomic E-state index is 13.4. The zero-order chi connectivity index (χ0) is 23.1. The second-order valence-electron chi connectivity index (χ2n) is 8.50. The Bertz CT molecular complexity index is 1160. The van der Waals surface area contributed by atoms with Gasteiger partial charge < -0.3 is 19.8 Å². The van der Waals surface area contributed by atoms with Gasteiger partial charge in [-0.3, -0.25) is 9.36 Å². The van der Waals surface area contributed by atoms with E-state index in [1.54, 1.807) is 27.9 Å². The van der Waals surface area contributed by atoms with Crippen molar-refractivity contribution in [3.05, 3.63) is 40.5 Å². The van der Waals surface area contributed by atoms with Crippen molar-refractivity contribution >= 4 is 5.91 Å². The van der Waals surface area contributed by atoms with Crippen molar-refractivity contribution in [1.82, 2.24) is 9.47 Å². The van der Waals surface area contributed by atoms with E-state index in [4.69, 9.17) is 10.00 Å². The molecule has 0 radical (unpaired) electrons. The summed E-state index contributed by atoms with van der Waals surface area (Å²) < 4.78 is 47.3. The van der Waals surface area contributed by atoms with E-state index < -0.39 is 46.2 Å². The second kappa shape index (κ2) is 6.17. The molecule has 2 bridgehead atoms. The van der Waals surface area contributed by atoms with Gasteiger partial charge in [0, 0.05) is 14.1 Å². The fourth-order valence-electron chi connectivity index (χ4n) is 4.94. The van der Waals surface area contributed by atoms with Crippen LogP contribution in [0.2, 0.25) is 0 Å². The van der Waals surface area contributed by atoms with Gasteiger partial charge in [-0.2, -0.15) is 18.4 Å². The number of amides is 1. The van der Waals surface area contributed by atoms with Crippen LogP contribution in [0.15, 0.2) is 18.2 Å². The zero-order valence-corrected chi connectivity index (χ0v) is 17.2. The van der Waals surface area contributed by atoms with Crippen LogP contribution in [0.3, 0.4) is 0 Å². The first-order valence-corrected chi connectivity index (χ1v) is 9.47. The van der Waals surface area contributed by atoms with E-state index in [0.717, 1.165) is 10.6 Å². The number of aromatic nitrogens is 1. The van der Waals surface area contributed by atoms with Crippen LogP contribution in [0.1, 0.15) is 42.5 Å². The third-order valence-corrected chi connectivity index (χ3v) is 6.27. The van der Waals surface area contributed by atoms with Crippen molar-refractivity contribution in [2.45, 2.75) is 37.6 Å². The van der Waals surface area contributed by atoms with E-state index in [2.05, 4.69) is 0 Å². The number of nitriles is 1. The molecular weight excluding hydrogens is 415 g/mol. The molecule has 0 saturated carbocycles. The fourth-order valence-corrected chi connectivity index (χ4v) is 4.94. The minimum atomic E-state index is -4.80. The fraction of sp³-hybridized carbons (Fsp3) is 0.429. The average Bonchev–Trinajstić information content (AvgIpc) is 3.20. The number of hydrogen-bond donors (Lipinski definition) is 2. The lowest BCUT2D eigenvalue weighted by molar-refractivity contribution is -0.140. The first-order chi connectivity index (χ1) is 14.3. The first kappa shape index (κ1) is 21.1. The highest BCUT2D eigenvalue weighted by atomic mass is 19.4. The minimum absolute atomic E-state index is 0.169. The maximum Gasteiger partial charge on any atom is 0.417 e. The second-order valence-corrected chi connectivity index (χ2v) is 8.50. The normalized spacial score (nSPS) is 26.6. The lowest BCUT2D eigenvalue weighted by Gasteiger charge is -2.30. The van der Waals surface area contributed by atoms with Gasteiger partial charge in [0.1, 0.15) is 5.60 Å². The highest BCUT2D eigenvalue weighted by Crippen LogP contribution is 2.66. The first-order valence-electron chi connectivity index (χ1n) is 9.47. The van der Waals surface area contributed by atoms with E-state index in [1.165, 1.54) is 17.0 Å². The largest absolute Gasteiger partial charge is 0.494 e. The van der Waals surface area contributed by atoms with Crippen LogP contribution < -0.4 is 0 Å². The van der Waals surface area contributed by atoms with Crippen molar-refractivity contribution < 1.29 is 32.9 Å². The standard InChI is InChI=1S/C21H20F3N3O4/c1-19-8-13(16(28)26(3)4)20(2,31-19)15-14(19)17(29)27(18(15)30)11-6-5-10(9-25)12(7-11)21(22,23)24/h5-7,13,29-30H,8H2,1-4H3/t13-,19?,20?/m0/s1. The summed E-state index contributed by atoms with van der Waals surface area (Å²) >= 11 is 0. The van der Waals surface area contributed by atoms with Crippen molar-refractivity contribution in [3.63, 3.8) is 0 Å². The Hall–Kier alpha value is -3.19. The van der Waals surface area contributed by atoms with Gasteiger partial charge in [0.05, 0.1) is 45.5 Å². The molecule has 0 aliphatic carbocycles. The van der Waals surface area contributed by atoms with Crippen LogP contribution in [0.25, 0.3) is 5.69 Å². The number of halogens is 3. The van der Waals surface area contributed by atoms with Crippen LogP contribution in [0.4, 0.5) is 13.2 Å². The van der Waals surface area contributed by atoms with Crippen LogP contribution in [-0.2, 0) is 26.9 Å². The van der Waals surface area contributed by atoms with E-state index >= 15 is 0 Å². The summed E-state index contributed by atoms with van der Waals surface area (Å²) in [5, 5.41) is 30.9. The molecule has 1 aromatic carbocycles. The van der Waals surface area contributed by atoms with Crippen LogP contribution in [0, 0.1) is 17.2 Å². The molecule has 2 N–H and O–H groups in total. The highest BCUT2D eigenvalue weighted by molar-refractivity contribution is 5.82. The van der Waals surface area contributed by atoms with Crippen molar-refractivity contribution in [2.75, 3.05) is 14.1 Å². The summed E-state index contributed by atoms with van der Waals surface area (Å²) in [6.45, 7) is 3.29. The number of benzene rings is 1. The molecule has 0 spiro atoms. The van der Waals surface area contributed by atoms with Crippen LogP contribution in [-0.4, -0.2) is 39.7 Å². The number of carbonyl (C=O) groups excluding carboxylic acids is 1. The molecule has 2 aliphatic rings. The molecule has 2 unspecified atom stereocenters. The summed E-state index contributed by atoms with van der Waals surface area (Å²) in [5.74, 6) is -1.84. The molecule has 10 heteroatoms. The van der Waals surface area contributed by atoms with Crippen molar-refractivity contribution in [3.8, 4) is 23.5 Å². The number of nitrogens with zero attached hydrogens (tertiary/aromatic N) is 3. The Balaban J connectivity index is 1.94. The Kier molecular flexibility index (Phi) is 4.19. The smallest absolute Gasteiger partial charge is 0.417 e. The van der Waals surface area contributed by atoms with Gasteiger partial charge in [-0.25, -0.2) is 0 Å². The van der Waals surface area contributed by atoms with Gasteiger partial charge in [0.2, 0.25) is 17.7 Å². The third kappa shape index (κ3) is 2.66. The third-order valence-electron chi connectivity index (χ3n) is 6.27. The predicted molar refractivity (Wildman–Crippen MR) is 101 cm³/mol. The molecule has 1 saturated heterocycles.